The third kappa shape index (κ3) is 4.33. The molecule has 3 rings (SSSR count). The highest BCUT2D eigenvalue weighted by Gasteiger charge is 2.29. The predicted molar refractivity (Wildman–Crippen MR) is 91.2 cm³/mol. The molecule has 0 aromatic heterocycles. The molecule has 1 aromatic carbocycles. The van der Waals surface area contributed by atoms with Crippen LogP contribution in [0.3, 0.4) is 0 Å². The molecule has 4 heteroatoms. The molecule has 0 radical (unpaired) electrons. The lowest BCUT2D eigenvalue weighted by Gasteiger charge is -2.33. The summed E-state index contributed by atoms with van der Waals surface area (Å²) in [5, 5.41) is 0. The van der Waals surface area contributed by atoms with E-state index in [9.17, 15) is 4.79 Å². The highest BCUT2D eigenvalue weighted by molar-refractivity contribution is 5.72. The third-order valence-electron chi connectivity index (χ3n) is 5.15. The van der Waals surface area contributed by atoms with Gasteiger partial charge in [0.05, 0.1) is 19.2 Å². The summed E-state index contributed by atoms with van der Waals surface area (Å²) in [6.45, 7) is 7.77. The van der Waals surface area contributed by atoms with Crippen LogP contribution in [0, 0.1) is 5.92 Å². The maximum atomic E-state index is 11.8. The lowest BCUT2D eigenvalue weighted by molar-refractivity contribution is -0.149. The van der Waals surface area contributed by atoms with E-state index in [1.165, 1.54) is 18.5 Å². The quantitative estimate of drug-likeness (QED) is 0.782. The normalized spacial score (nSPS) is 24.0. The van der Waals surface area contributed by atoms with Crippen LogP contribution in [0.4, 0.5) is 0 Å². The number of hydrogen-bond donors (Lipinski definition) is 0. The molecule has 2 saturated heterocycles. The molecule has 126 valence electrons. The van der Waals surface area contributed by atoms with Crippen LogP contribution in [-0.4, -0.2) is 55.2 Å². The van der Waals surface area contributed by atoms with Crippen molar-refractivity contribution < 1.29 is 9.53 Å². The Morgan fingerprint density at radius 2 is 1.78 bits per heavy atom. The topological polar surface area (TPSA) is 32.8 Å². The fraction of sp³-hybridized carbons (Fsp3) is 0.632. The molecule has 2 aliphatic heterocycles. The third-order valence-corrected chi connectivity index (χ3v) is 5.15. The van der Waals surface area contributed by atoms with Crippen molar-refractivity contribution in [1.29, 1.82) is 0 Å². The zero-order valence-corrected chi connectivity index (χ0v) is 14.1. The maximum Gasteiger partial charge on any atom is 0.309 e. The van der Waals surface area contributed by atoms with E-state index in [4.69, 9.17) is 4.74 Å². The standard InChI is InChI=1S/C19H28N2O2/c1-2-23-19(22)17-8-11-20(12-9-17)15-21-13-10-18(14-21)16-6-4-3-5-7-16/h3-7,17-18H,2,8-15H2,1H3/t18-/m0/s1. The lowest BCUT2D eigenvalue weighted by Crippen LogP contribution is -2.43. The van der Waals surface area contributed by atoms with Crippen molar-refractivity contribution in [1.82, 2.24) is 9.80 Å². The number of piperidine rings is 1. The van der Waals surface area contributed by atoms with Gasteiger partial charge in [0.2, 0.25) is 0 Å². The Morgan fingerprint density at radius 1 is 1.09 bits per heavy atom. The first-order chi connectivity index (χ1) is 11.3. The molecule has 1 aromatic rings. The average Bonchev–Trinajstić information content (AvgIpc) is 3.05. The van der Waals surface area contributed by atoms with Crippen molar-refractivity contribution in [3.63, 3.8) is 0 Å². The first kappa shape index (κ1) is 16.5. The van der Waals surface area contributed by atoms with E-state index >= 15 is 0 Å². The summed E-state index contributed by atoms with van der Waals surface area (Å²) in [5.41, 5.74) is 1.47. The van der Waals surface area contributed by atoms with Gasteiger partial charge in [-0.2, -0.15) is 0 Å². The van der Waals surface area contributed by atoms with Crippen molar-refractivity contribution in [2.45, 2.75) is 32.1 Å². The minimum atomic E-state index is -0.00235. The predicted octanol–water partition coefficient (Wildman–Crippen LogP) is 2.71. The first-order valence-corrected chi connectivity index (χ1v) is 8.92. The number of esters is 1. The van der Waals surface area contributed by atoms with Crippen LogP contribution >= 0.6 is 0 Å². The van der Waals surface area contributed by atoms with Crippen LogP contribution in [0.5, 0.6) is 0 Å². The molecule has 0 amide bonds. The average molecular weight is 316 g/mol. The Kier molecular flexibility index (Phi) is 5.68. The Bertz CT molecular complexity index is 497. The summed E-state index contributed by atoms with van der Waals surface area (Å²) < 4.78 is 5.15. The fourth-order valence-corrected chi connectivity index (χ4v) is 3.81. The molecule has 4 nitrogen and oxygen atoms in total. The van der Waals surface area contributed by atoms with E-state index in [-0.39, 0.29) is 11.9 Å². The van der Waals surface area contributed by atoms with Crippen LogP contribution in [0.2, 0.25) is 0 Å². The molecule has 2 fully saturated rings. The Balaban J connectivity index is 1.42. The molecule has 0 aliphatic carbocycles. The monoisotopic (exact) mass is 316 g/mol. The lowest BCUT2D eigenvalue weighted by atomic mass is 9.97. The number of rotatable bonds is 5. The van der Waals surface area contributed by atoms with E-state index in [2.05, 4.69) is 40.1 Å². The first-order valence-electron chi connectivity index (χ1n) is 8.92. The molecule has 0 N–H and O–H groups in total. The van der Waals surface area contributed by atoms with Crippen LogP contribution in [-0.2, 0) is 9.53 Å². The second-order valence-corrected chi connectivity index (χ2v) is 6.76. The largest absolute Gasteiger partial charge is 0.466 e. The Morgan fingerprint density at radius 3 is 2.48 bits per heavy atom. The van der Waals surface area contributed by atoms with Crippen molar-refractivity contribution in [3.05, 3.63) is 35.9 Å². The second kappa shape index (κ2) is 7.93. The maximum absolute atomic E-state index is 11.8. The molecule has 0 spiro atoms. The van der Waals surface area contributed by atoms with E-state index in [0.717, 1.165) is 39.1 Å². The number of ether oxygens (including phenoxy) is 1. The summed E-state index contributed by atoms with van der Waals surface area (Å²) in [5.74, 6) is 0.785. The summed E-state index contributed by atoms with van der Waals surface area (Å²) in [6, 6.07) is 10.9. The number of carbonyl (C=O) groups excluding carboxylic acids is 1. The van der Waals surface area contributed by atoms with E-state index in [1.807, 2.05) is 6.92 Å². The molecular formula is C19H28N2O2. The van der Waals surface area contributed by atoms with Crippen LogP contribution < -0.4 is 0 Å². The van der Waals surface area contributed by atoms with Gasteiger partial charge in [-0.25, -0.2) is 0 Å². The number of nitrogens with zero attached hydrogens (tertiary/aromatic N) is 2. The SMILES string of the molecule is CCOC(=O)C1CCN(CN2CC[C@H](c3ccccc3)C2)CC1. The summed E-state index contributed by atoms with van der Waals surface area (Å²) in [7, 11) is 0. The number of likely N-dealkylation sites (tertiary alicyclic amines) is 2. The molecule has 2 heterocycles. The van der Waals surface area contributed by atoms with Crippen molar-refractivity contribution in [3.8, 4) is 0 Å². The smallest absolute Gasteiger partial charge is 0.309 e. The number of carbonyl (C=O) groups is 1. The van der Waals surface area contributed by atoms with Crippen LogP contribution in [0.15, 0.2) is 30.3 Å². The number of hydrogen-bond acceptors (Lipinski definition) is 4. The van der Waals surface area contributed by atoms with Gasteiger partial charge < -0.3 is 4.74 Å². The molecular weight excluding hydrogens is 288 g/mol. The molecule has 2 aliphatic rings. The van der Waals surface area contributed by atoms with Gasteiger partial charge in [-0.3, -0.25) is 14.6 Å². The van der Waals surface area contributed by atoms with Gasteiger partial charge in [0.15, 0.2) is 0 Å². The van der Waals surface area contributed by atoms with E-state index in [0.29, 0.717) is 12.5 Å². The second-order valence-electron chi connectivity index (χ2n) is 6.76. The molecule has 0 bridgehead atoms. The fourth-order valence-electron chi connectivity index (χ4n) is 3.81. The molecule has 0 unspecified atom stereocenters. The van der Waals surface area contributed by atoms with Crippen molar-refractivity contribution >= 4 is 5.97 Å². The zero-order chi connectivity index (χ0) is 16.1. The summed E-state index contributed by atoms with van der Waals surface area (Å²) >= 11 is 0. The highest BCUT2D eigenvalue weighted by Crippen LogP contribution is 2.27. The van der Waals surface area contributed by atoms with E-state index in [1.54, 1.807) is 0 Å². The van der Waals surface area contributed by atoms with Crippen LogP contribution in [0.25, 0.3) is 0 Å². The summed E-state index contributed by atoms with van der Waals surface area (Å²) in [4.78, 5) is 16.8. The molecule has 0 saturated carbocycles. The molecule has 23 heavy (non-hydrogen) atoms. The minimum absolute atomic E-state index is 0.00235. The van der Waals surface area contributed by atoms with Gasteiger partial charge in [-0.15, -0.1) is 0 Å². The minimum Gasteiger partial charge on any atom is -0.466 e. The van der Waals surface area contributed by atoms with Gasteiger partial charge in [0.25, 0.3) is 0 Å². The van der Waals surface area contributed by atoms with Gasteiger partial charge in [-0.05, 0) is 37.7 Å². The van der Waals surface area contributed by atoms with Gasteiger partial charge in [0.1, 0.15) is 0 Å². The van der Waals surface area contributed by atoms with Gasteiger partial charge in [0, 0.05) is 26.2 Å². The Labute approximate surface area is 139 Å². The molecule has 1 atom stereocenters. The Hall–Kier alpha value is -1.39. The van der Waals surface area contributed by atoms with Gasteiger partial charge in [-0.1, -0.05) is 30.3 Å². The van der Waals surface area contributed by atoms with Crippen LogP contribution in [0.1, 0.15) is 37.7 Å². The van der Waals surface area contributed by atoms with Crippen molar-refractivity contribution in [2.24, 2.45) is 5.92 Å². The number of benzene rings is 1. The zero-order valence-electron chi connectivity index (χ0n) is 14.1. The van der Waals surface area contributed by atoms with E-state index < -0.39 is 0 Å². The van der Waals surface area contributed by atoms with Gasteiger partial charge >= 0.3 is 5.97 Å². The highest BCUT2D eigenvalue weighted by atomic mass is 16.5. The summed E-state index contributed by atoms with van der Waals surface area (Å²) in [6.07, 6.45) is 3.13. The van der Waals surface area contributed by atoms with Crippen molar-refractivity contribution in [2.75, 3.05) is 39.5 Å².